The van der Waals surface area contributed by atoms with E-state index in [2.05, 4.69) is 22.2 Å². The fourth-order valence-electron chi connectivity index (χ4n) is 2.99. The lowest BCUT2D eigenvalue weighted by atomic mass is 10.00. The average molecular weight is 338 g/mol. The van der Waals surface area contributed by atoms with Gasteiger partial charge in [-0.2, -0.15) is 0 Å². The van der Waals surface area contributed by atoms with Crippen LogP contribution in [0.15, 0.2) is 42.7 Å². The van der Waals surface area contributed by atoms with Crippen LogP contribution >= 0.6 is 0 Å². The SMILES string of the molecule is CC1CCCN(C(=O)c2cccc(C(=O)NCc3cccnc3)n2)C1. The minimum absolute atomic E-state index is 0.103. The number of likely N-dealkylation sites (tertiary alicyclic amines) is 1. The van der Waals surface area contributed by atoms with Gasteiger partial charge in [0.15, 0.2) is 0 Å². The summed E-state index contributed by atoms with van der Waals surface area (Å²) >= 11 is 0. The summed E-state index contributed by atoms with van der Waals surface area (Å²) in [7, 11) is 0. The second-order valence-electron chi connectivity index (χ2n) is 6.45. The molecule has 0 saturated carbocycles. The molecule has 2 aromatic heterocycles. The molecule has 0 bridgehead atoms. The highest BCUT2D eigenvalue weighted by Gasteiger charge is 2.23. The molecule has 2 amide bonds. The van der Waals surface area contributed by atoms with E-state index in [0.29, 0.717) is 18.2 Å². The molecule has 130 valence electrons. The minimum Gasteiger partial charge on any atom is -0.347 e. The molecular weight excluding hydrogens is 316 g/mol. The summed E-state index contributed by atoms with van der Waals surface area (Å²) in [5.74, 6) is 0.0997. The zero-order valence-electron chi connectivity index (χ0n) is 14.3. The Balaban J connectivity index is 1.66. The molecule has 1 fully saturated rings. The van der Waals surface area contributed by atoms with Crippen LogP contribution in [0, 0.1) is 5.92 Å². The number of piperidine rings is 1. The molecule has 1 saturated heterocycles. The number of carbonyl (C=O) groups is 2. The third-order valence-electron chi connectivity index (χ3n) is 4.32. The maximum atomic E-state index is 12.6. The number of amides is 2. The van der Waals surface area contributed by atoms with E-state index >= 15 is 0 Å². The number of rotatable bonds is 4. The fourth-order valence-corrected chi connectivity index (χ4v) is 2.99. The number of aromatic nitrogens is 2. The molecule has 1 aliphatic rings. The van der Waals surface area contributed by atoms with Gasteiger partial charge in [-0.15, -0.1) is 0 Å². The first kappa shape index (κ1) is 17.1. The summed E-state index contributed by atoms with van der Waals surface area (Å²) in [4.78, 5) is 35.0. The summed E-state index contributed by atoms with van der Waals surface area (Å²) < 4.78 is 0. The van der Waals surface area contributed by atoms with Gasteiger partial charge in [0.2, 0.25) is 0 Å². The van der Waals surface area contributed by atoms with E-state index in [-0.39, 0.29) is 17.5 Å². The number of hydrogen-bond donors (Lipinski definition) is 1. The molecule has 3 rings (SSSR count). The second-order valence-corrected chi connectivity index (χ2v) is 6.45. The van der Waals surface area contributed by atoms with Crippen molar-refractivity contribution in [2.24, 2.45) is 5.92 Å². The van der Waals surface area contributed by atoms with Crippen LogP contribution in [0.3, 0.4) is 0 Å². The van der Waals surface area contributed by atoms with Crippen molar-refractivity contribution in [1.29, 1.82) is 0 Å². The van der Waals surface area contributed by atoms with Gasteiger partial charge in [-0.1, -0.05) is 19.1 Å². The fraction of sp³-hybridized carbons (Fsp3) is 0.368. The Hall–Kier alpha value is -2.76. The molecule has 1 N–H and O–H groups in total. The van der Waals surface area contributed by atoms with Gasteiger partial charge in [0, 0.05) is 32.0 Å². The first-order valence-electron chi connectivity index (χ1n) is 8.57. The third kappa shape index (κ3) is 4.41. The lowest BCUT2D eigenvalue weighted by molar-refractivity contribution is 0.0677. The van der Waals surface area contributed by atoms with Crippen LogP contribution in [-0.4, -0.2) is 39.8 Å². The molecule has 1 unspecified atom stereocenters. The second kappa shape index (κ2) is 7.88. The van der Waals surface area contributed by atoms with E-state index in [1.807, 2.05) is 17.0 Å². The molecule has 0 aliphatic carbocycles. The van der Waals surface area contributed by atoms with Crippen molar-refractivity contribution < 1.29 is 9.59 Å². The number of carbonyl (C=O) groups excluding carboxylic acids is 2. The minimum atomic E-state index is -0.300. The lowest BCUT2D eigenvalue weighted by Crippen LogP contribution is -2.39. The highest BCUT2D eigenvalue weighted by Crippen LogP contribution is 2.17. The number of hydrogen-bond acceptors (Lipinski definition) is 4. The Morgan fingerprint density at radius 3 is 2.84 bits per heavy atom. The summed E-state index contributed by atoms with van der Waals surface area (Å²) in [5.41, 5.74) is 1.48. The predicted molar refractivity (Wildman–Crippen MR) is 93.9 cm³/mol. The van der Waals surface area contributed by atoms with Gasteiger partial charge in [-0.3, -0.25) is 14.6 Å². The first-order valence-corrected chi connectivity index (χ1v) is 8.57. The molecule has 0 radical (unpaired) electrons. The molecule has 0 spiro atoms. The van der Waals surface area contributed by atoms with Crippen molar-refractivity contribution >= 4 is 11.8 Å². The summed E-state index contributed by atoms with van der Waals surface area (Å²) in [5, 5.41) is 2.80. The molecule has 1 aliphatic heterocycles. The lowest BCUT2D eigenvalue weighted by Gasteiger charge is -2.30. The number of nitrogens with one attached hydrogen (secondary N) is 1. The van der Waals surface area contributed by atoms with Crippen molar-refractivity contribution in [3.05, 3.63) is 59.7 Å². The molecule has 3 heterocycles. The van der Waals surface area contributed by atoms with E-state index < -0.39 is 0 Å². The van der Waals surface area contributed by atoms with Gasteiger partial charge in [0.1, 0.15) is 11.4 Å². The van der Waals surface area contributed by atoms with E-state index in [4.69, 9.17) is 0 Å². The zero-order chi connectivity index (χ0) is 17.6. The van der Waals surface area contributed by atoms with Crippen molar-refractivity contribution in [2.75, 3.05) is 13.1 Å². The molecule has 6 nitrogen and oxygen atoms in total. The molecule has 6 heteroatoms. The Kier molecular flexibility index (Phi) is 5.38. The average Bonchev–Trinajstić information content (AvgIpc) is 2.66. The van der Waals surface area contributed by atoms with E-state index in [0.717, 1.165) is 31.5 Å². The van der Waals surface area contributed by atoms with Gasteiger partial charge in [0.25, 0.3) is 11.8 Å². The Bertz CT molecular complexity index is 748. The van der Waals surface area contributed by atoms with Crippen molar-refractivity contribution in [3.8, 4) is 0 Å². The molecule has 0 aromatic carbocycles. The van der Waals surface area contributed by atoms with Gasteiger partial charge in [0.05, 0.1) is 0 Å². The van der Waals surface area contributed by atoms with Crippen LogP contribution in [0.4, 0.5) is 0 Å². The molecular formula is C19H22N4O2. The maximum Gasteiger partial charge on any atom is 0.272 e. The summed E-state index contributed by atoms with van der Waals surface area (Å²) in [6.07, 6.45) is 5.54. The standard InChI is InChI=1S/C19H22N4O2/c1-14-5-4-10-23(13-14)19(25)17-8-2-7-16(22-17)18(24)21-12-15-6-3-9-20-11-15/h2-3,6-9,11,14H,4-5,10,12-13H2,1H3,(H,21,24). The largest absolute Gasteiger partial charge is 0.347 e. The quantitative estimate of drug-likeness (QED) is 0.928. The van der Waals surface area contributed by atoms with Gasteiger partial charge in [-0.05, 0) is 42.5 Å². The zero-order valence-corrected chi connectivity index (χ0v) is 14.3. The Labute approximate surface area is 147 Å². The van der Waals surface area contributed by atoms with E-state index in [1.165, 1.54) is 0 Å². The monoisotopic (exact) mass is 338 g/mol. The van der Waals surface area contributed by atoms with Crippen molar-refractivity contribution in [2.45, 2.75) is 26.3 Å². The van der Waals surface area contributed by atoms with Gasteiger partial charge < -0.3 is 10.2 Å². The summed E-state index contributed by atoms with van der Waals surface area (Å²) in [6, 6.07) is 8.69. The van der Waals surface area contributed by atoms with Crippen LogP contribution in [0.2, 0.25) is 0 Å². The highest BCUT2D eigenvalue weighted by atomic mass is 16.2. The Morgan fingerprint density at radius 2 is 2.08 bits per heavy atom. The first-order chi connectivity index (χ1) is 12.1. The molecule has 25 heavy (non-hydrogen) atoms. The molecule has 2 aromatic rings. The maximum absolute atomic E-state index is 12.6. The summed E-state index contributed by atoms with van der Waals surface area (Å²) in [6.45, 7) is 4.02. The van der Waals surface area contributed by atoms with Crippen LogP contribution < -0.4 is 5.32 Å². The van der Waals surface area contributed by atoms with Crippen LogP contribution in [0.5, 0.6) is 0 Å². The van der Waals surface area contributed by atoms with Gasteiger partial charge >= 0.3 is 0 Å². The normalized spacial score (nSPS) is 17.2. The van der Waals surface area contributed by atoms with E-state index in [9.17, 15) is 9.59 Å². The van der Waals surface area contributed by atoms with Crippen LogP contribution in [0.25, 0.3) is 0 Å². The van der Waals surface area contributed by atoms with Crippen molar-refractivity contribution in [1.82, 2.24) is 20.2 Å². The molecule has 1 atom stereocenters. The number of pyridine rings is 2. The highest BCUT2D eigenvalue weighted by molar-refractivity contribution is 5.96. The smallest absolute Gasteiger partial charge is 0.272 e. The topological polar surface area (TPSA) is 75.2 Å². The Morgan fingerprint density at radius 1 is 1.24 bits per heavy atom. The van der Waals surface area contributed by atoms with E-state index in [1.54, 1.807) is 30.6 Å². The predicted octanol–water partition coefficient (Wildman–Crippen LogP) is 2.28. The van der Waals surface area contributed by atoms with Crippen molar-refractivity contribution in [3.63, 3.8) is 0 Å². The van der Waals surface area contributed by atoms with Crippen LogP contribution in [-0.2, 0) is 6.54 Å². The third-order valence-corrected chi connectivity index (χ3v) is 4.32. The van der Waals surface area contributed by atoms with Gasteiger partial charge in [-0.25, -0.2) is 4.98 Å². The number of nitrogens with zero attached hydrogens (tertiary/aromatic N) is 3. The van der Waals surface area contributed by atoms with Crippen LogP contribution in [0.1, 0.15) is 46.3 Å².